The molecule has 0 aliphatic rings. The third-order valence-corrected chi connectivity index (χ3v) is 3.35. The van der Waals surface area contributed by atoms with E-state index in [1.807, 2.05) is 12.1 Å². The first-order chi connectivity index (χ1) is 12.6. The first kappa shape index (κ1) is 17.0. The van der Waals surface area contributed by atoms with Gasteiger partial charge in [-0.1, -0.05) is 24.2 Å². The molecule has 3 aromatic rings. The van der Waals surface area contributed by atoms with Crippen molar-refractivity contribution in [1.82, 2.24) is 4.98 Å². The maximum Gasteiger partial charge on any atom is 0.342 e. The zero-order valence-electron chi connectivity index (χ0n) is 13.7. The predicted molar refractivity (Wildman–Crippen MR) is 94.6 cm³/mol. The molecule has 0 bridgehead atoms. The number of aromatic nitrogens is 1. The Labute approximate surface area is 147 Å². The number of hydrazone groups is 1. The van der Waals surface area contributed by atoms with Gasteiger partial charge in [-0.25, -0.2) is 0 Å². The molecule has 3 rings (SSSR count). The number of non-ortho nitro benzene ring substituents is 1. The highest BCUT2D eigenvalue weighted by Gasteiger charge is 2.10. The molecule has 0 aliphatic carbocycles. The molecule has 0 saturated heterocycles. The Kier molecular flexibility index (Phi) is 4.83. The number of benzene rings is 2. The highest BCUT2D eigenvalue weighted by Crippen LogP contribution is 2.28. The van der Waals surface area contributed by atoms with E-state index in [0.29, 0.717) is 17.5 Å². The second kappa shape index (κ2) is 7.38. The molecule has 0 spiro atoms. The minimum absolute atomic E-state index is 0.0854. The molecule has 10 heteroatoms. The fourth-order valence-corrected chi connectivity index (χ4v) is 2.03. The van der Waals surface area contributed by atoms with Crippen LogP contribution in [0.5, 0.6) is 5.75 Å². The van der Waals surface area contributed by atoms with Crippen LogP contribution >= 0.6 is 0 Å². The summed E-state index contributed by atoms with van der Waals surface area (Å²) in [5.74, 6) is 0.115. The van der Waals surface area contributed by atoms with Gasteiger partial charge in [0.15, 0.2) is 11.4 Å². The summed E-state index contributed by atoms with van der Waals surface area (Å²) >= 11 is 0. The lowest BCUT2D eigenvalue weighted by Gasteiger charge is -2.04. The smallest absolute Gasteiger partial charge is 0.342 e. The van der Waals surface area contributed by atoms with Crippen molar-refractivity contribution in [2.24, 2.45) is 15.3 Å². The van der Waals surface area contributed by atoms with Crippen LogP contribution in [0.15, 0.2) is 62.2 Å². The molecule has 1 heterocycles. The highest BCUT2D eigenvalue weighted by atomic mass is 16.6. The largest absolute Gasteiger partial charge is 0.506 e. The van der Waals surface area contributed by atoms with Crippen LogP contribution in [0.2, 0.25) is 0 Å². The van der Waals surface area contributed by atoms with Crippen LogP contribution in [0.4, 0.5) is 17.4 Å². The highest BCUT2D eigenvalue weighted by molar-refractivity contribution is 5.83. The van der Waals surface area contributed by atoms with Gasteiger partial charge in [0.05, 0.1) is 4.92 Å². The Morgan fingerprint density at radius 2 is 2.15 bits per heavy atom. The van der Waals surface area contributed by atoms with E-state index in [2.05, 4.69) is 25.7 Å². The number of nitrogens with one attached hydrogen (secondary N) is 1. The zero-order valence-corrected chi connectivity index (χ0v) is 13.7. The van der Waals surface area contributed by atoms with Gasteiger partial charge in [0.1, 0.15) is 17.0 Å². The Morgan fingerprint density at radius 3 is 2.88 bits per heavy atom. The quantitative estimate of drug-likeness (QED) is 0.174. The lowest BCUT2D eigenvalue weighted by Crippen LogP contribution is -1.98. The van der Waals surface area contributed by atoms with Crippen LogP contribution in [0.25, 0.3) is 11.1 Å². The van der Waals surface area contributed by atoms with E-state index < -0.39 is 4.92 Å². The first-order valence-corrected chi connectivity index (χ1v) is 7.64. The van der Waals surface area contributed by atoms with Crippen LogP contribution in [0.1, 0.15) is 13.3 Å². The number of para-hydroxylation sites is 2. The summed E-state index contributed by atoms with van der Waals surface area (Å²) in [6.07, 6.45) is 0.423. The maximum atomic E-state index is 10.8. The van der Waals surface area contributed by atoms with Crippen LogP contribution < -0.4 is 5.43 Å². The number of phenolic OH excluding ortho intramolecular Hbond substituents is 1. The van der Waals surface area contributed by atoms with E-state index in [4.69, 9.17) is 4.42 Å². The number of rotatable bonds is 5. The molecule has 1 aromatic heterocycles. The zero-order chi connectivity index (χ0) is 18.5. The van der Waals surface area contributed by atoms with Crippen LogP contribution in [0, 0.1) is 10.1 Å². The number of nitro benzene ring substituents is 1. The molecular weight excluding hydrogens is 340 g/mol. The van der Waals surface area contributed by atoms with E-state index >= 15 is 0 Å². The van der Waals surface area contributed by atoms with Gasteiger partial charge in [-0.3, -0.25) is 15.5 Å². The van der Waals surface area contributed by atoms with Crippen molar-refractivity contribution in [1.29, 1.82) is 0 Å². The Bertz CT molecular complexity index is 978. The summed E-state index contributed by atoms with van der Waals surface area (Å²) in [5, 5.41) is 32.4. The van der Waals surface area contributed by atoms with Gasteiger partial charge in [-0.05, 0) is 18.2 Å². The van der Waals surface area contributed by atoms with Crippen LogP contribution in [-0.4, -0.2) is 20.8 Å². The lowest BCUT2D eigenvalue weighted by atomic mass is 10.2. The molecule has 0 atom stereocenters. The number of nitrogens with zero attached hydrogens (tertiary/aromatic N) is 5. The van der Waals surface area contributed by atoms with Gasteiger partial charge in [0.2, 0.25) is 0 Å². The molecular formula is C16H14N6O4. The number of hydrogen-bond donors (Lipinski definition) is 2. The van der Waals surface area contributed by atoms with E-state index in [1.165, 1.54) is 18.2 Å². The average molecular weight is 354 g/mol. The number of oxazole rings is 1. The van der Waals surface area contributed by atoms with Crippen molar-refractivity contribution < 1.29 is 14.4 Å². The van der Waals surface area contributed by atoms with Gasteiger partial charge >= 0.3 is 6.01 Å². The molecule has 0 aliphatic heterocycles. The van der Waals surface area contributed by atoms with Crippen molar-refractivity contribution >= 4 is 34.3 Å². The number of amidine groups is 1. The summed E-state index contributed by atoms with van der Waals surface area (Å²) in [6, 6.07) is 10.9. The molecule has 0 saturated carbocycles. The average Bonchev–Trinajstić information content (AvgIpc) is 3.05. The van der Waals surface area contributed by atoms with Gasteiger partial charge in [-0.2, -0.15) is 10.1 Å². The summed E-state index contributed by atoms with van der Waals surface area (Å²) < 4.78 is 5.43. The number of anilines is 1. The number of azo groups is 1. The van der Waals surface area contributed by atoms with Crippen LogP contribution in [0.3, 0.4) is 0 Å². The molecule has 132 valence electrons. The minimum atomic E-state index is -0.567. The molecule has 0 unspecified atom stereocenters. The summed E-state index contributed by atoms with van der Waals surface area (Å²) in [6.45, 7) is 1.80. The van der Waals surface area contributed by atoms with Gasteiger partial charge in [0, 0.05) is 18.6 Å². The third kappa shape index (κ3) is 3.80. The number of phenols is 1. The van der Waals surface area contributed by atoms with E-state index in [9.17, 15) is 15.2 Å². The predicted octanol–water partition coefficient (Wildman–Crippen LogP) is 4.36. The van der Waals surface area contributed by atoms with E-state index in [1.54, 1.807) is 19.1 Å². The lowest BCUT2D eigenvalue weighted by molar-refractivity contribution is -0.384. The fourth-order valence-electron chi connectivity index (χ4n) is 2.03. The number of hydrogen-bond acceptors (Lipinski definition) is 8. The van der Waals surface area contributed by atoms with Crippen molar-refractivity contribution in [2.75, 3.05) is 5.43 Å². The van der Waals surface area contributed by atoms with Gasteiger partial charge < -0.3 is 9.52 Å². The molecule has 2 aromatic carbocycles. The third-order valence-electron chi connectivity index (χ3n) is 3.35. The molecule has 26 heavy (non-hydrogen) atoms. The molecule has 0 fully saturated rings. The molecule has 10 nitrogen and oxygen atoms in total. The Balaban J connectivity index is 1.78. The standard InChI is InChI=1S/C16H14N6O4/c1-2-15(19-18-12-9-10(22(24)25)7-8-13(12)23)20-21-16-17-11-5-3-4-6-14(11)26-16/h3-9,18,23H,2H2,1H3/b19-15+,21-20?. The van der Waals surface area contributed by atoms with Crippen molar-refractivity contribution in [3.05, 3.63) is 52.6 Å². The minimum Gasteiger partial charge on any atom is -0.506 e. The Hall–Kier alpha value is -3.82. The SMILES string of the molecule is CC/C(N=Nc1nc2ccccc2o1)=N\Nc1cc([N+](=O)[O-])ccc1O. The monoisotopic (exact) mass is 354 g/mol. The number of nitro groups is 1. The maximum absolute atomic E-state index is 10.8. The molecule has 0 radical (unpaired) electrons. The van der Waals surface area contributed by atoms with E-state index in [0.717, 1.165) is 0 Å². The van der Waals surface area contributed by atoms with Crippen molar-refractivity contribution in [2.45, 2.75) is 13.3 Å². The molecule has 0 amide bonds. The summed E-state index contributed by atoms with van der Waals surface area (Å²) in [4.78, 5) is 14.4. The fraction of sp³-hybridized carbons (Fsp3) is 0.125. The van der Waals surface area contributed by atoms with Crippen LogP contribution in [-0.2, 0) is 0 Å². The normalized spacial score (nSPS) is 12.0. The first-order valence-electron chi connectivity index (χ1n) is 7.64. The Morgan fingerprint density at radius 1 is 1.35 bits per heavy atom. The topological polar surface area (TPSA) is 139 Å². The van der Waals surface area contributed by atoms with Gasteiger partial charge in [0.25, 0.3) is 5.69 Å². The van der Waals surface area contributed by atoms with Crippen molar-refractivity contribution in [3.63, 3.8) is 0 Å². The second-order valence-corrected chi connectivity index (χ2v) is 5.12. The van der Waals surface area contributed by atoms with E-state index in [-0.39, 0.29) is 29.0 Å². The second-order valence-electron chi connectivity index (χ2n) is 5.12. The number of aromatic hydroxyl groups is 1. The number of fused-ring (bicyclic) bond motifs is 1. The molecule has 2 N–H and O–H groups in total. The van der Waals surface area contributed by atoms with Gasteiger partial charge in [-0.15, -0.1) is 5.11 Å². The van der Waals surface area contributed by atoms with Crippen molar-refractivity contribution in [3.8, 4) is 5.75 Å². The summed E-state index contributed by atoms with van der Waals surface area (Å²) in [7, 11) is 0. The summed E-state index contributed by atoms with van der Waals surface area (Å²) in [5.41, 5.74) is 3.72.